The molecule has 0 atom stereocenters. The summed E-state index contributed by atoms with van der Waals surface area (Å²) < 4.78 is 29.2. The third-order valence-electron chi connectivity index (χ3n) is 3.33. The van der Waals surface area contributed by atoms with Crippen molar-refractivity contribution in [3.8, 4) is 5.69 Å². The van der Waals surface area contributed by atoms with Gasteiger partial charge in [-0.05, 0) is 36.2 Å². The van der Waals surface area contributed by atoms with Crippen LogP contribution in [0.1, 0.15) is 5.56 Å². The highest BCUT2D eigenvalue weighted by Crippen LogP contribution is 2.34. The van der Waals surface area contributed by atoms with Gasteiger partial charge in [0.2, 0.25) is 10.0 Å². The van der Waals surface area contributed by atoms with Gasteiger partial charge in [-0.2, -0.15) is 5.10 Å². The first-order chi connectivity index (χ1) is 11.5. The van der Waals surface area contributed by atoms with Gasteiger partial charge in [-0.15, -0.1) is 11.3 Å². The van der Waals surface area contributed by atoms with Crippen molar-refractivity contribution >= 4 is 44.6 Å². The minimum absolute atomic E-state index is 0.0215. The van der Waals surface area contributed by atoms with Gasteiger partial charge < -0.3 is 0 Å². The maximum Gasteiger partial charge on any atom is 0.242 e. The van der Waals surface area contributed by atoms with Crippen LogP contribution in [0.3, 0.4) is 0 Å². The van der Waals surface area contributed by atoms with Crippen molar-refractivity contribution in [1.29, 1.82) is 0 Å². The van der Waals surface area contributed by atoms with Crippen LogP contribution in [0.15, 0.2) is 53.7 Å². The Labute approximate surface area is 153 Å². The number of nitrogens with zero attached hydrogens (tertiary/aromatic N) is 2. The molecule has 126 valence electrons. The molecule has 2 aromatic heterocycles. The highest BCUT2D eigenvalue weighted by molar-refractivity contribution is 7.89. The molecule has 0 radical (unpaired) electrons. The average molecular weight is 402 g/mol. The van der Waals surface area contributed by atoms with Gasteiger partial charge >= 0.3 is 0 Å². The van der Waals surface area contributed by atoms with Crippen LogP contribution in [0.2, 0.25) is 8.67 Å². The molecule has 0 unspecified atom stereocenters. The second-order valence-electron chi connectivity index (χ2n) is 4.95. The second-order valence-corrected chi connectivity index (χ2v) is 8.97. The maximum absolute atomic E-state index is 12.2. The van der Waals surface area contributed by atoms with E-state index in [1.54, 1.807) is 10.9 Å². The van der Waals surface area contributed by atoms with E-state index < -0.39 is 10.0 Å². The number of nitrogens with one attached hydrogen (secondary N) is 1. The van der Waals surface area contributed by atoms with Crippen molar-refractivity contribution in [3.63, 3.8) is 0 Å². The fourth-order valence-corrected chi connectivity index (χ4v) is 5.33. The topological polar surface area (TPSA) is 64.0 Å². The monoisotopic (exact) mass is 401 g/mol. The van der Waals surface area contributed by atoms with Crippen molar-refractivity contribution < 1.29 is 8.42 Å². The van der Waals surface area contributed by atoms with Crippen LogP contribution in [-0.2, 0) is 16.4 Å². The molecule has 24 heavy (non-hydrogen) atoms. The zero-order chi connectivity index (χ0) is 17.2. The summed E-state index contributed by atoms with van der Waals surface area (Å²) in [4.78, 5) is 0.0215. The number of aromatic nitrogens is 2. The summed E-state index contributed by atoms with van der Waals surface area (Å²) in [6.45, 7) is 0.271. The first kappa shape index (κ1) is 17.4. The van der Waals surface area contributed by atoms with E-state index in [1.165, 1.54) is 6.07 Å². The minimum Gasteiger partial charge on any atom is -0.241 e. The quantitative estimate of drug-likeness (QED) is 0.683. The lowest BCUT2D eigenvalue weighted by molar-refractivity contribution is 0.582. The number of sulfonamides is 1. The van der Waals surface area contributed by atoms with E-state index >= 15 is 0 Å². The highest BCUT2D eigenvalue weighted by Gasteiger charge is 2.20. The number of hydrogen-bond acceptors (Lipinski definition) is 4. The number of hydrogen-bond donors (Lipinski definition) is 1. The van der Waals surface area contributed by atoms with Gasteiger partial charge in [0.05, 0.1) is 10.0 Å². The molecule has 0 spiro atoms. The minimum atomic E-state index is -3.65. The summed E-state index contributed by atoms with van der Waals surface area (Å²) in [5.74, 6) is 0. The van der Waals surface area contributed by atoms with Crippen LogP contribution in [-0.4, -0.2) is 24.7 Å². The number of benzene rings is 1. The third kappa shape index (κ3) is 3.99. The number of thiophene rings is 1. The number of halogens is 2. The first-order valence-electron chi connectivity index (χ1n) is 6.99. The lowest BCUT2D eigenvalue weighted by atomic mass is 10.1. The molecule has 0 aliphatic heterocycles. The predicted molar refractivity (Wildman–Crippen MR) is 96.8 cm³/mol. The van der Waals surface area contributed by atoms with Crippen molar-refractivity contribution in [2.75, 3.05) is 6.54 Å². The Morgan fingerprint density at radius 2 is 1.96 bits per heavy atom. The van der Waals surface area contributed by atoms with E-state index in [9.17, 15) is 8.42 Å². The molecule has 0 bridgehead atoms. The van der Waals surface area contributed by atoms with E-state index in [2.05, 4.69) is 9.82 Å². The molecule has 3 aromatic rings. The average Bonchev–Trinajstić information content (AvgIpc) is 3.18. The molecule has 9 heteroatoms. The van der Waals surface area contributed by atoms with E-state index in [1.807, 2.05) is 36.5 Å². The van der Waals surface area contributed by atoms with Gasteiger partial charge in [0.1, 0.15) is 9.23 Å². The Hall–Kier alpha value is -1.38. The molecule has 5 nitrogen and oxygen atoms in total. The van der Waals surface area contributed by atoms with Gasteiger partial charge in [-0.1, -0.05) is 35.3 Å². The largest absolute Gasteiger partial charge is 0.242 e. The highest BCUT2D eigenvalue weighted by atomic mass is 35.5. The lowest BCUT2D eigenvalue weighted by Crippen LogP contribution is -2.25. The standard InChI is InChI=1S/C15H13Cl2N3O2S2/c16-14-10-13(15(17)23-14)24(21,22)19-8-6-11-2-4-12(5-3-11)20-9-1-7-18-20/h1-5,7,9-10,19H,6,8H2. The second kappa shape index (κ2) is 7.25. The fourth-order valence-electron chi connectivity index (χ4n) is 2.15. The lowest BCUT2D eigenvalue weighted by Gasteiger charge is -2.07. The molecule has 0 fully saturated rings. The van der Waals surface area contributed by atoms with Gasteiger partial charge in [0.25, 0.3) is 0 Å². The molecule has 2 heterocycles. The van der Waals surface area contributed by atoms with Crippen molar-refractivity contribution in [1.82, 2.24) is 14.5 Å². The molecule has 1 N–H and O–H groups in total. The Morgan fingerprint density at radius 3 is 2.54 bits per heavy atom. The van der Waals surface area contributed by atoms with E-state index in [0.29, 0.717) is 10.8 Å². The zero-order valence-electron chi connectivity index (χ0n) is 12.3. The molecule has 0 amide bonds. The first-order valence-corrected chi connectivity index (χ1v) is 10.0. The zero-order valence-corrected chi connectivity index (χ0v) is 15.5. The summed E-state index contributed by atoms with van der Waals surface area (Å²) in [7, 11) is -3.65. The Kier molecular flexibility index (Phi) is 5.27. The SMILES string of the molecule is O=S(=O)(NCCc1ccc(-n2cccn2)cc1)c1cc(Cl)sc1Cl. The normalized spacial score (nSPS) is 11.8. The van der Waals surface area contributed by atoms with Gasteiger partial charge in [-0.3, -0.25) is 0 Å². The summed E-state index contributed by atoms with van der Waals surface area (Å²) in [5, 5.41) is 4.16. The molecule has 0 aliphatic rings. The van der Waals surface area contributed by atoms with Crippen LogP contribution in [0.4, 0.5) is 0 Å². The van der Waals surface area contributed by atoms with Crippen molar-refractivity contribution in [2.24, 2.45) is 0 Å². The number of rotatable bonds is 6. The van der Waals surface area contributed by atoms with Crippen LogP contribution in [0.5, 0.6) is 0 Å². The molecular weight excluding hydrogens is 389 g/mol. The van der Waals surface area contributed by atoms with E-state index in [-0.39, 0.29) is 15.8 Å². The maximum atomic E-state index is 12.2. The summed E-state index contributed by atoms with van der Waals surface area (Å²) >= 11 is 12.7. The molecular formula is C15H13Cl2N3O2S2. The van der Waals surface area contributed by atoms with Crippen LogP contribution < -0.4 is 4.72 Å². The van der Waals surface area contributed by atoms with Crippen LogP contribution in [0, 0.1) is 0 Å². The molecule has 0 saturated heterocycles. The summed E-state index contributed by atoms with van der Waals surface area (Å²) in [6.07, 6.45) is 4.14. The van der Waals surface area contributed by atoms with Gasteiger partial charge in [0.15, 0.2) is 0 Å². The molecule has 0 saturated carbocycles. The van der Waals surface area contributed by atoms with Crippen molar-refractivity contribution in [3.05, 3.63) is 63.0 Å². The Balaban J connectivity index is 1.61. The summed E-state index contributed by atoms with van der Waals surface area (Å²) in [6, 6.07) is 11.0. The molecule has 3 rings (SSSR count). The van der Waals surface area contributed by atoms with E-state index in [0.717, 1.165) is 22.6 Å². The smallest absolute Gasteiger partial charge is 0.241 e. The van der Waals surface area contributed by atoms with Crippen LogP contribution >= 0.6 is 34.5 Å². The molecule has 1 aromatic carbocycles. The van der Waals surface area contributed by atoms with Crippen molar-refractivity contribution in [2.45, 2.75) is 11.3 Å². The summed E-state index contributed by atoms with van der Waals surface area (Å²) in [5.41, 5.74) is 1.96. The third-order valence-corrected chi connectivity index (χ3v) is 6.54. The fraction of sp³-hybridized carbons (Fsp3) is 0.133. The van der Waals surface area contributed by atoms with Gasteiger partial charge in [-0.25, -0.2) is 17.8 Å². The van der Waals surface area contributed by atoms with E-state index in [4.69, 9.17) is 23.2 Å². The molecule has 0 aliphatic carbocycles. The van der Waals surface area contributed by atoms with Crippen LogP contribution in [0.25, 0.3) is 5.69 Å². The predicted octanol–water partition coefficient (Wildman–Crippen LogP) is 3.76. The van der Waals surface area contributed by atoms with Gasteiger partial charge in [0, 0.05) is 18.9 Å². The Bertz CT molecular complexity index is 920. The Morgan fingerprint density at radius 1 is 1.21 bits per heavy atom.